The van der Waals surface area contributed by atoms with Gasteiger partial charge in [0.2, 0.25) is 5.91 Å². The van der Waals surface area contributed by atoms with Crippen LogP contribution < -0.4 is 5.32 Å². The Morgan fingerprint density at radius 3 is 0.967 bits per heavy atom. The second-order valence-corrected chi connectivity index (χ2v) is 18.9. The van der Waals surface area contributed by atoms with E-state index in [0.717, 1.165) is 38.5 Å². The molecule has 0 bridgehead atoms. The maximum Gasteiger partial charge on any atom is 0.249 e. The first-order valence-corrected chi connectivity index (χ1v) is 27.1. The molecular weight excluding hydrogens is 743 g/mol. The minimum atomic E-state index is -1.25. The Morgan fingerprint density at radius 2 is 0.667 bits per heavy atom. The van der Waals surface area contributed by atoms with Crippen LogP contribution in [-0.2, 0) is 4.79 Å². The van der Waals surface area contributed by atoms with E-state index in [4.69, 9.17) is 0 Å². The maximum absolute atomic E-state index is 12.5. The van der Waals surface area contributed by atoms with Crippen LogP contribution in [0.4, 0.5) is 0 Å². The number of aliphatic hydroxyl groups is 4. The molecule has 0 rings (SSSR count). The van der Waals surface area contributed by atoms with Gasteiger partial charge in [0.1, 0.15) is 12.2 Å². The zero-order valence-electron chi connectivity index (χ0n) is 40.5. The van der Waals surface area contributed by atoms with E-state index in [2.05, 4.69) is 31.3 Å². The summed E-state index contributed by atoms with van der Waals surface area (Å²) in [5, 5.41) is 43.3. The summed E-state index contributed by atoms with van der Waals surface area (Å²) < 4.78 is 0. The van der Waals surface area contributed by atoms with Crippen LogP contribution in [0, 0.1) is 0 Å². The number of rotatable bonds is 50. The van der Waals surface area contributed by atoms with Crippen molar-refractivity contribution in [1.29, 1.82) is 0 Å². The Labute approximate surface area is 374 Å². The molecule has 4 atom stereocenters. The summed E-state index contributed by atoms with van der Waals surface area (Å²) >= 11 is 0. The summed E-state index contributed by atoms with van der Waals surface area (Å²) in [5.74, 6) is -0.584. The lowest BCUT2D eigenvalue weighted by Gasteiger charge is -2.27. The van der Waals surface area contributed by atoms with Gasteiger partial charge in [-0.25, -0.2) is 0 Å². The minimum absolute atomic E-state index is 0.372. The van der Waals surface area contributed by atoms with Crippen LogP contribution in [0.15, 0.2) is 12.2 Å². The van der Waals surface area contributed by atoms with E-state index in [0.29, 0.717) is 12.8 Å². The molecule has 6 nitrogen and oxygen atoms in total. The molecule has 5 N–H and O–H groups in total. The average molecular weight is 850 g/mol. The fourth-order valence-corrected chi connectivity index (χ4v) is 8.70. The fraction of sp³-hybridized carbons (Fsp3) is 0.944. The summed E-state index contributed by atoms with van der Waals surface area (Å²) in [5.41, 5.74) is 0. The van der Waals surface area contributed by atoms with Gasteiger partial charge in [0.25, 0.3) is 0 Å². The Balaban J connectivity index is 3.41. The van der Waals surface area contributed by atoms with E-state index >= 15 is 0 Å². The van der Waals surface area contributed by atoms with Gasteiger partial charge >= 0.3 is 0 Å². The zero-order valence-corrected chi connectivity index (χ0v) is 40.5. The standard InChI is InChI=1S/C54H107NO5/c1-3-5-7-9-11-12-13-14-15-16-17-18-19-20-21-22-23-24-25-26-27-28-29-30-31-32-33-34-35-36-37-38-39-40-41-42-44-46-48-52(58)54(60)55-50(49-56)53(59)51(57)47-45-43-10-8-6-4-2/h26-27,50-53,56-59H,3-25,28-49H2,1-2H3,(H,55,60)/b27-26-. The molecule has 0 aromatic heterocycles. The van der Waals surface area contributed by atoms with Crippen LogP contribution in [0.25, 0.3) is 0 Å². The predicted octanol–water partition coefficient (Wildman–Crippen LogP) is 15.3. The average Bonchev–Trinajstić information content (AvgIpc) is 3.25. The van der Waals surface area contributed by atoms with Gasteiger partial charge in [-0.2, -0.15) is 0 Å². The lowest BCUT2D eigenvalue weighted by molar-refractivity contribution is -0.132. The van der Waals surface area contributed by atoms with Crippen molar-refractivity contribution in [3.8, 4) is 0 Å². The van der Waals surface area contributed by atoms with Crippen molar-refractivity contribution >= 4 is 5.91 Å². The zero-order chi connectivity index (χ0) is 43.8. The molecule has 0 aromatic rings. The molecule has 0 aromatic carbocycles. The Bertz CT molecular complexity index is 867. The monoisotopic (exact) mass is 850 g/mol. The number of aliphatic hydroxyl groups excluding tert-OH is 4. The minimum Gasteiger partial charge on any atom is -0.394 e. The number of nitrogens with one attached hydrogen (secondary N) is 1. The Kier molecular flexibility index (Phi) is 48.3. The van der Waals surface area contributed by atoms with Gasteiger partial charge in [0.15, 0.2) is 0 Å². The third kappa shape index (κ3) is 42.4. The van der Waals surface area contributed by atoms with E-state index in [1.54, 1.807) is 0 Å². The van der Waals surface area contributed by atoms with Gasteiger partial charge in [0, 0.05) is 0 Å². The summed E-state index contributed by atoms with van der Waals surface area (Å²) in [6.07, 6.45) is 57.8. The SMILES string of the molecule is CCCCCCCCCCCCCCCCCCCC/C=C\CCCCCCCCCCCCCCCCCCC(O)C(=O)NC(CO)C(O)C(O)CCCCCCCC. The molecular formula is C54H107NO5. The third-order valence-corrected chi connectivity index (χ3v) is 13.0. The highest BCUT2D eigenvalue weighted by Gasteiger charge is 2.28. The number of carbonyl (C=O) groups is 1. The number of unbranched alkanes of at least 4 members (excludes halogenated alkanes) is 39. The maximum atomic E-state index is 12.5. The van der Waals surface area contributed by atoms with E-state index in [9.17, 15) is 25.2 Å². The second kappa shape index (κ2) is 49.1. The number of amides is 1. The van der Waals surface area contributed by atoms with Gasteiger partial charge in [-0.3, -0.25) is 4.79 Å². The number of hydrogen-bond acceptors (Lipinski definition) is 5. The third-order valence-electron chi connectivity index (χ3n) is 13.0. The molecule has 0 aliphatic rings. The summed E-state index contributed by atoms with van der Waals surface area (Å²) in [6, 6.07) is -0.979. The van der Waals surface area contributed by atoms with Crippen molar-refractivity contribution < 1.29 is 25.2 Å². The van der Waals surface area contributed by atoms with Gasteiger partial charge in [-0.15, -0.1) is 0 Å². The van der Waals surface area contributed by atoms with Gasteiger partial charge in [-0.1, -0.05) is 270 Å². The highest BCUT2D eigenvalue weighted by molar-refractivity contribution is 5.80. The quantitative estimate of drug-likeness (QED) is 0.0309. The molecule has 0 fully saturated rings. The number of allylic oxidation sites excluding steroid dienone is 2. The van der Waals surface area contributed by atoms with Crippen molar-refractivity contribution in [2.45, 2.75) is 321 Å². The van der Waals surface area contributed by atoms with Crippen molar-refractivity contribution in [1.82, 2.24) is 5.32 Å². The summed E-state index contributed by atoms with van der Waals surface area (Å²) in [4.78, 5) is 12.5. The van der Waals surface area contributed by atoms with Gasteiger partial charge in [0.05, 0.1) is 18.8 Å². The predicted molar refractivity (Wildman–Crippen MR) is 261 cm³/mol. The molecule has 0 spiro atoms. The number of carbonyl (C=O) groups excluding carboxylic acids is 1. The molecule has 0 saturated carbocycles. The Hall–Kier alpha value is -0.950. The first kappa shape index (κ1) is 59.0. The highest BCUT2D eigenvalue weighted by Crippen LogP contribution is 2.18. The molecule has 0 radical (unpaired) electrons. The van der Waals surface area contributed by atoms with Crippen LogP contribution in [0.1, 0.15) is 296 Å². The van der Waals surface area contributed by atoms with Crippen molar-refractivity contribution in [3.63, 3.8) is 0 Å². The fourth-order valence-electron chi connectivity index (χ4n) is 8.70. The molecule has 0 saturated heterocycles. The van der Waals surface area contributed by atoms with E-state index in [-0.39, 0.29) is 0 Å². The normalized spacial score (nSPS) is 13.9. The van der Waals surface area contributed by atoms with Crippen LogP contribution in [0.3, 0.4) is 0 Å². The molecule has 0 heterocycles. The van der Waals surface area contributed by atoms with Crippen LogP contribution >= 0.6 is 0 Å². The highest BCUT2D eigenvalue weighted by atomic mass is 16.3. The first-order valence-electron chi connectivity index (χ1n) is 27.1. The van der Waals surface area contributed by atoms with Crippen molar-refractivity contribution in [2.75, 3.05) is 6.61 Å². The Morgan fingerprint density at radius 1 is 0.400 bits per heavy atom. The largest absolute Gasteiger partial charge is 0.394 e. The smallest absolute Gasteiger partial charge is 0.249 e. The van der Waals surface area contributed by atoms with Crippen LogP contribution in [-0.4, -0.2) is 57.3 Å². The summed E-state index contributed by atoms with van der Waals surface area (Å²) in [7, 11) is 0. The van der Waals surface area contributed by atoms with Gasteiger partial charge < -0.3 is 25.7 Å². The van der Waals surface area contributed by atoms with E-state index in [1.165, 1.54) is 231 Å². The van der Waals surface area contributed by atoms with E-state index in [1.807, 2.05) is 0 Å². The molecule has 0 aliphatic carbocycles. The lowest BCUT2D eigenvalue weighted by atomic mass is 9.99. The van der Waals surface area contributed by atoms with Crippen molar-refractivity contribution in [3.05, 3.63) is 12.2 Å². The van der Waals surface area contributed by atoms with Crippen LogP contribution in [0.5, 0.6) is 0 Å². The topological polar surface area (TPSA) is 110 Å². The second-order valence-electron chi connectivity index (χ2n) is 18.9. The van der Waals surface area contributed by atoms with Gasteiger partial charge in [-0.05, 0) is 38.5 Å². The number of hydrogen-bond donors (Lipinski definition) is 5. The molecule has 6 heteroatoms. The molecule has 60 heavy (non-hydrogen) atoms. The molecule has 358 valence electrons. The van der Waals surface area contributed by atoms with Crippen LogP contribution in [0.2, 0.25) is 0 Å². The summed E-state index contributed by atoms with van der Waals surface area (Å²) in [6.45, 7) is 3.99. The lowest BCUT2D eigenvalue weighted by Crippen LogP contribution is -2.53. The van der Waals surface area contributed by atoms with Crippen molar-refractivity contribution in [2.24, 2.45) is 0 Å². The first-order chi connectivity index (χ1) is 29.5. The molecule has 1 amide bonds. The molecule has 0 aliphatic heterocycles. The van der Waals surface area contributed by atoms with E-state index < -0.39 is 36.9 Å². The molecule has 4 unspecified atom stereocenters.